The first-order valence-corrected chi connectivity index (χ1v) is 13.7. The summed E-state index contributed by atoms with van der Waals surface area (Å²) in [5, 5.41) is 20.4. The highest BCUT2D eigenvalue weighted by atomic mass is 16.6. The molecule has 2 fully saturated rings. The van der Waals surface area contributed by atoms with Crippen molar-refractivity contribution in [3.63, 3.8) is 0 Å². The van der Waals surface area contributed by atoms with E-state index in [0.717, 1.165) is 18.4 Å². The average Bonchev–Trinajstić information content (AvgIpc) is 3.78. The third-order valence-electron chi connectivity index (χ3n) is 7.57. The van der Waals surface area contributed by atoms with E-state index in [-0.39, 0.29) is 42.5 Å². The lowest BCUT2D eigenvalue weighted by molar-refractivity contribution is -0.150. The van der Waals surface area contributed by atoms with Gasteiger partial charge in [0.2, 0.25) is 0 Å². The van der Waals surface area contributed by atoms with Crippen LogP contribution in [-0.2, 0) is 28.5 Å². The number of esters is 2. The van der Waals surface area contributed by atoms with Gasteiger partial charge in [0.05, 0.1) is 37.4 Å². The summed E-state index contributed by atoms with van der Waals surface area (Å²) in [7, 11) is 0. The number of carbonyl (C=O) groups excluding carboxylic acids is 2. The molecular weight excluding hydrogens is 488 g/mol. The van der Waals surface area contributed by atoms with Gasteiger partial charge in [0.25, 0.3) is 0 Å². The number of rotatable bonds is 9. The first-order chi connectivity index (χ1) is 18.0. The molecule has 10 unspecified atom stereocenters. The number of aliphatic hydroxyl groups excluding tert-OH is 2. The number of allylic oxidation sites excluding steroid dienone is 3. The molecule has 10 atom stereocenters. The molecule has 38 heavy (non-hydrogen) atoms. The van der Waals surface area contributed by atoms with Crippen LogP contribution in [0.2, 0.25) is 0 Å². The van der Waals surface area contributed by atoms with Gasteiger partial charge in [-0.3, -0.25) is 9.59 Å². The highest BCUT2D eigenvalue weighted by Gasteiger charge is 2.51. The maximum Gasteiger partial charge on any atom is 0.309 e. The lowest BCUT2D eigenvalue weighted by Crippen LogP contribution is -2.33. The van der Waals surface area contributed by atoms with Gasteiger partial charge in [-0.2, -0.15) is 0 Å². The summed E-state index contributed by atoms with van der Waals surface area (Å²) in [5.41, 5.74) is 0.0183. The number of hydrogen-bond acceptors (Lipinski definition) is 8. The molecule has 2 N–H and O–H groups in total. The quantitative estimate of drug-likeness (QED) is 0.199. The maximum atomic E-state index is 12.6. The molecule has 3 aliphatic rings. The predicted octanol–water partition coefficient (Wildman–Crippen LogP) is 3.82. The van der Waals surface area contributed by atoms with Gasteiger partial charge in [-0.15, -0.1) is 0 Å². The van der Waals surface area contributed by atoms with Gasteiger partial charge >= 0.3 is 11.9 Å². The number of hydrogen-bond donors (Lipinski definition) is 2. The number of ether oxygens (including phenoxy) is 4. The Morgan fingerprint density at radius 3 is 2.61 bits per heavy atom. The van der Waals surface area contributed by atoms with E-state index in [1.165, 1.54) is 13.0 Å². The molecule has 0 radical (unpaired) electrons. The smallest absolute Gasteiger partial charge is 0.309 e. The molecule has 0 saturated carbocycles. The SMILES string of the molecule is CCC(O)C(C)C1OC1CC(C)/C=C/C=C(\C)C1OC(=O)CC(O)/C=C/C2(CO2)C(OC(C)=O)/C=C/C1C. The van der Waals surface area contributed by atoms with Gasteiger partial charge in [-0.05, 0) is 43.4 Å². The Balaban J connectivity index is 1.68. The Labute approximate surface area is 226 Å². The molecular formula is C30H44O8. The molecule has 3 rings (SSSR count). The Kier molecular flexibility index (Phi) is 10.5. The normalized spacial score (nSPS) is 37.9. The predicted molar refractivity (Wildman–Crippen MR) is 143 cm³/mol. The number of cyclic esters (lactones) is 1. The van der Waals surface area contributed by atoms with E-state index in [9.17, 15) is 19.8 Å². The van der Waals surface area contributed by atoms with Gasteiger partial charge in [0.1, 0.15) is 6.10 Å². The molecule has 0 aliphatic carbocycles. The fourth-order valence-electron chi connectivity index (χ4n) is 4.95. The van der Waals surface area contributed by atoms with Crippen LogP contribution >= 0.6 is 0 Å². The van der Waals surface area contributed by atoms with Gasteiger partial charge in [-0.25, -0.2) is 0 Å². The van der Waals surface area contributed by atoms with Crippen LogP contribution in [0.15, 0.2) is 48.1 Å². The Morgan fingerprint density at radius 1 is 1.26 bits per heavy atom. The van der Waals surface area contributed by atoms with Crippen molar-refractivity contribution in [3.8, 4) is 0 Å². The van der Waals surface area contributed by atoms with Crippen LogP contribution in [0.5, 0.6) is 0 Å². The zero-order valence-electron chi connectivity index (χ0n) is 23.4. The summed E-state index contributed by atoms with van der Waals surface area (Å²) >= 11 is 0. The molecule has 0 bridgehead atoms. The van der Waals surface area contributed by atoms with E-state index in [0.29, 0.717) is 6.61 Å². The summed E-state index contributed by atoms with van der Waals surface area (Å²) in [5.74, 6) is -0.745. The first kappa shape index (κ1) is 30.3. The number of carbonyl (C=O) groups is 2. The van der Waals surface area contributed by atoms with Crippen LogP contribution < -0.4 is 0 Å². The van der Waals surface area contributed by atoms with Crippen LogP contribution in [0.25, 0.3) is 0 Å². The van der Waals surface area contributed by atoms with E-state index < -0.39 is 35.9 Å². The second-order valence-corrected chi connectivity index (χ2v) is 11.0. The third-order valence-corrected chi connectivity index (χ3v) is 7.57. The van der Waals surface area contributed by atoms with E-state index in [1.807, 2.05) is 45.9 Å². The molecule has 0 aromatic rings. The van der Waals surface area contributed by atoms with Crippen molar-refractivity contribution >= 4 is 11.9 Å². The minimum atomic E-state index is -1.04. The summed E-state index contributed by atoms with van der Waals surface area (Å²) in [6.07, 6.45) is 11.9. The lowest BCUT2D eigenvalue weighted by Gasteiger charge is -2.25. The Bertz CT molecular complexity index is 946. The minimum Gasteiger partial charge on any atom is -0.457 e. The van der Waals surface area contributed by atoms with Gasteiger partial charge in [0, 0.05) is 18.8 Å². The molecule has 8 heteroatoms. The molecule has 3 heterocycles. The number of aliphatic hydroxyl groups is 2. The van der Waals surface area contributed by atoms with Crippen molar-refractivity contribution in [2.45, 2.75) is 103 Å². The lowest BCUT2D eigenvalue weighted by atomic mass is 9.93. The van der Waals surface area contributed by atoms with Gasteiger partial charge in [0.15, 0.2) is 11.7 Å². The summed E-state index contributed by atoms with van der Waals surface area (Å²) in [6.45, 7) is 11.7. The van der Waals surface area contributed by atoms with Crippen molar-refractivity contribution < 1.29 is 38.7 Å². The van der Waals surface area contributed by atoms with Crippen LogP contribution in [0.1, 0.15) is 60.8 Å². The summed E-state index contributed by atoms with van der Waals surface area (Å²) in [4.78, 5) is 24.3. The van der Waals surface area contributed by atoms with Crippen molar-refractivity contribution in [1.29, 1.82) is 0 Å². The monoisotopic (exact) mass is 532 g/mol. The van der Waals surface area contributed by atoms with E-state index in [1.54, 1.807) is 12.2 Å². The first-order valence-electron chi connectivity index (χ1n) is 13.7. The van der Waals surface area contributed by atoms with E-state index >= 15 is 0 Å². The van der Waals surface area contributed by atoms with Gasteiger partial charge < -0.3 is 29.2 Å². The summed E-state index contributed by atoms with van der Waals surface area (Å²) in [6, 6.07) is 0. The Morgan fingerprint density at radius 2 is 1.97 bits per heavy atom. The van der Waals surface area contributed by atoms with Crippen molar-refractivity contribution in [3.05, 3.63) is 48.1 Å². The van der Waals surface area contributed by atoms with Crippen molar-refractivity contribution in [2.24, 2.45) is 17.8 Å². The number of epoxide rings is 2. The molecule has 0 aromatic carbocycles. The summed E-state index contributed by atoms with van der Waals surface area (Å²) < 4.78 is 22.7. The van der Waals surface area contributed by atoms with Crippen molar-refractivity contribution in [1.82, 2.24) is 0 Å². The van der Waals surface area contributed by atoms with Crippen molar-refractivity contribution in [2.75, 3.05) is 6.61 Å². The largest absolute Gasteiger partial charge is 0.457 e. The van der Waals surface area contributed by atoms with Crippen LogP contribution in [0, 0.1) is 17.8 Å². The zero-order valence-corrected chi connectivity index (χ0v) is 23.4. The molecule has 0 aromatic heterocycles. The second-order valence-electron chi connectivity index (χ2n) is 11.0. The van der Waals surface area contributed by atoms with Crippen LogP contribution in [0.3, 0.4) is 0 Å². The fraction of sp³-hybridized carbons (Fsp3) is 0.667. The van der Waals surface area contributed by atoms with E-state index in [2.05, 4.69) is 13.0 Å². The standard InChI is InChI=1S/C30H44O8/c1-7-24(33)21(5)29-25(37-29)15-18(2)9-8-10-19(3)28-20(4)11-12-26(36-22(6)31)30(17-35-30)14-13-23(32)16-27(34)38-28/h8-14,18,20-21,23-26,28-29,32-33H,7,15-17H2,1-6H3/b9-8+,12-11+,14-13+,19-10+. The van der Waals surface area contributed by atoms with Gasteiger partial charge in [-0.1, -0.05) is 58.1 Å². The van der Waals surface area contributed by atoms with Crippen LogP contribution in [0.4, 0.5) is 0 Å². The van der Waals surface area contributed by atoms with Crippen LogP contribution in [-0.4, -0.2) is 71.0 Å². The fourth-order valence-corrected chi connectivity index (χ4v) is 4.95. The molecule has 2 saturated heterocycles. The third kappa shape index (κ3) is 8.37. The maximum absolute atomic E-state index is 12.6. The van der Waals surface area contributed by atoms with E-state index in [4.69, 9.17) is 18.9 Å². The molecule has 0 amide bonds. The molecule has 1 spiro atoms. The topological polar surface area (TPSA) is 118 Å². The minimum absolute atomic E-state index is 0.113. The average molecular weight is 533 g/mol. The molecule has 3 aliphatic heterocycles. The second kappa shape index (κ2) is 13.2. The highest BCUT2D eigenvalue weighted by Crippen LogP contribution is 2.37. The zero-order chi connectivity index (χ0) is 28.0. The Hall–Kier alpha value is -2.26. The highest BCUT2D eigenvalue weighted by molar-refractivity contribution is 5.71. The molecule has 212 valence electrons. The molecule has 8 nitrogen and oxygen atoms in total.